The summed E-state index contributed by atoms with van der Waals surface area (Å²) in [5.41, 5.74) is 6.26. The minimum absolute atomic E-state index is 0.0630. The molecule has 2 aromatic carbocycles. The van der Waals surface area contributed by atoms with Gasteiger partial charge in [-0.25, -0.2) is 0 Å². The number of likely N-dealkylation sites (tertiary alicyclic amines) is 1. The highest BCUT2D eigenvalue weighted by Gasteiger charge is 2.16. The van der Waals surface area contributed by atoms with Gasteiger partial charge in [0.25, 0.3) is 5.91 Å². The predicted molar refractivity (Wildman–Crippen MR) is 132 cm³/mol. The molecule has 1 saturated heterocycles. The molecule has 2 heterocycles. The fourth-order valence-corrected chi connectivity index (χ4v) is 4.39. The van der Waals surface area contributed by atoms with Gasteiger partial charge in [0.15, 0.2) is 0 Å². The molecule has 2 N–H and O–H groups in total. The number of allylic oxidation sites excluding steroid dienone is 3. The Bertz CT molecular complexity index is 1000. The number of amides is 1. The second kappa shape index (κ2) is 11.0. The Morgan fingerprint density at radius 2 is 1.91 bits per heavy atom. The summed E-state index contributed by atoms with van der Waals surface area (Å²) in [6.07, 6.45) is 13.6. The summed E-state index contributed by atoms with van der Waals surface area (Å²) in [6, 6.07) is 16.6. The second-order valence-corrected chi connectivity index (χ2v) is 8.52. The van der Waals surface area contributed by atoms with E-state index in [1.807, 2.05) is 24.4 Å². The molecule has 4 heteroatoms. The number of nitrogens with zero attached hydrogens (tertiary/aromatic N) is 1. The minimum atomic E-state index is -0.0630. The molecule has 0 atom stereocenters. The number of carbonyl (C=O) groups excluding carboxylic acids is 1. The molecule has 0 bridgehead atoms. The predicted octanol–water partition coefficient (Wildman–Crippen LogP) is 5.75. The van der Waals surface area contributed by atoms with Gasteiger partial charge in [0.05, 0.1) is 0 Å². The highest BCUT2D eigenvalue weighted by atomic mass is 16.1. The first-order valence-corrected chi connectivity index (χ1v) is 11.8. The minimum Gasteiger partial charge on any atom is -0.365 e. The van der Waals surface area contributed by atoms with Crippen molar-refractivity contribution in [3.8, 4) is 11.1 Å². The van der Waals surface area contributed by atoms with Crippen LogP contribution in [0.25, 0.3) is 11.1 Å². The van der Waals surface area contributed by atoms with Crippen LogP contribution in [0.2, 0.25) is 0 Å². The lowest BCUT2D eigenvalue weighted by Gasteiger charge is -2.27. The Morgan fingerprint density at radius 1 is 1.09 bits per heavy atom. The molecule has 0 unspecified atom stereocenters. The summed E-state index contributed by atoms with van der Waals surface area (Å²) in [5.74, 6) is -0.0630. The third-order valence-corrected chi connectivity index (χ3v) is 6.03. The Hall–Kier alpha value is -3.11. The Kier molecular flexibility index (Phi) is 7.57. The normalized spacial score (nSPS) is 18.0. The number of hydrogen-bond donors (Lipinski definition) is 2. The van der Waals surface area contributed by atoms with Crippen molar-refractivity contribution in [2.75, 3.05) is 13.1 Å². The number of carbonyl (C=O) groups is 1. The lowest BCUT2D eigenvalue weighted by Crippen LogP contribution is -2.29. The molecule has 2 aliphatic heterocycles. The van der Waals surface area contributed by atoms with E-state index >= 15 is 0 Å². The fraction of sp³-hybridized carbons (Fsp3) is 0.321. The van der Waals surface area contributed by atoms with E-state index in [4.69, 9.17) is 0 Å². The zero-order chi connectivity index (χ0) is 22.2. The van der Waals surface area contributed by atoms with Gasteiger partial charge in [-0.3, -0.25) is 9.69 Å². The molecule has 0 aromatic heterocycles. The van der Waals surface area contributed by atoms with Crippen molar-refractivity contribution < 1.29 is 4.79 Å². The lowest BCUT2D eigenvalue weighted by molar-refractivity contribution is 0.0967. The van der Waals surface area contributed by atoms with Gasteiger partial charge in [0, 0.05) is 29.9 Å². The Balaban J connectivity index is 1.58. The zero-order valence-electron chi connectivity index (χ0n) is 18.9. The van der Waals surface area contributed by atoms with E-state index in [9.17, 15) is 4.79 Å². The van der Waals surface area contributed by atoms with Crippen molar-refractivity contribution in [1.82, 2.24) is 15.5 Å². The van der Waals surface area contributed by atoms with E-state index in [0.29, 0.717) is 5.56 Å². The standard InChI is InChI=1S/C28H33N3O/c1-2-10-26(20-25-13-9-16-29-25)30-28(32)23-14-15-27(22-11-5-3-6-12-22)24(19-23)21-31-17-7-4-8-18-31/h3,5-6,9-12,14-16,19-20,29H,2,4,7-8,13,17-18,21H2,1H3,(H,30,32)/b25-20+,26-10+. The number of piperidine rings is 1. The summed E-state index contributed by atoms with van der Waals surface area (Å²) in [5, 5.41) is 6.34. The highest BCUT2D eigenvalue weighted by molar-refractivity contribution is 5.96. The molecular weight excluding hydrogens is 394 g/mol. The van der Waals surface area contributed by atoms with Crippen molar-refractivity contribution in [1.29, 1.82) is 0 Å². The van der Waals surface area contributed by atoms with Crippen LogP contribution in [-0.2, 0) is 6.54 Å². The van der Waals surface area contributed by atoms with Crippen molar-refractivity contribution in [2.24, 2.45) is 0 Å². The van der Waals surface area contributed by atoms with Crippen LogP contribution in [0.1, 0.15) is 54.9 Å². The van der Waals surface area contributed by atoms with Gasteiger partial charge in [0.1, 0.15) is 0 Å². The summed E-state index contributed by atoms with van der Waals surface area (Å²) in [6.45, 7) is 5.21. The summed E-state index contributed by atoms with van der Waals surface area (Å²) in [4.78, 5) is 15.7. The summed E-state index contributed by atoms with van der Waals surface area (Å²) >= 11 is 0. The molecule has 1 fully saturated rings. The Labute approximate surface area is 191 Å². The van der Waals surface area contributed by atoms with Gasteiger partial charge in [-0.15, -0.1) is 0 Å². The first kappa shape index (κ1) is 22.1. The number of benzene rings is 2. The molecule has 32 heavy (non-hydrogen) atoms. The third kappa shape index (κ3) is 5.77. The molecule has 0 saturated carbocycles. The molecular formula is C28H33N3O. The molecule has 2 aromatic rings. The van der Waals surface area contributed by atoms with Crippen molar-refractivity contribution in [3.05, 3.63) is 95.5 Å². The Morgan fingerprint density at radius 3 is 2.62 bits per heavy atom. The van der Waals surface area contributed by atoms with Gasteiger partial charge in [-0.05, 0) is 73.5 Å². The molecule has 0 aliphatic carbocycles. The van der Waals surface area contributed by atoms with E-state index in [-0.39, 0.29) is 5.91 Å². The third-order valence-electron chi connectivity index (χ3n) is 6.03. The SMILES string of the molecule is CC/C=C(\C=C1/CC=CN1)NC(=O)c1ccc(-c2ccccc2)c(CN2CCCCC2)c1. The molecule has 0 spiro atoms. The zero-order valence-corrected chi connectivity index (χ0v) is 18.9. The smallest absolute Gasteiger partial charge is 0.255 e. The monoisotopic (exact) mass is 427 g/mol. The van der Waals surface area contributed by atoms with Crippen LogP contribution < -0.4 is 10.6 Å². The molecule has 2 aliphatic rings. The van der Waals surface area contributed by atoms with Crippen LogP contribution in [0, 0.1) is 0 Å². The number of rotatable bonds is 7. The maximum Gasteiger partial charge on any atom is 0.255 e. The van der Waals surface area contributed by atoms with Crippen LogP contribution in [0.15, 0.2) is 84.4 Å². The van der Waals surface area contributed by atoms with Crippen molar-refractivity contribution >= 4 is 5.91 Å². The van der Waals surface area contributed by atoms with E-state index < -0.39 is 0 Å². The fourth-order valence-electron chi connectivity index (χ4n) is 4.39. The first-order valence-electron chi connectivity index (χ1n) is 11.8. The van der Waals surface area contributed by atoms with Gasteiger partial charge in [0.2, 0.25) is 0 Å². The van der Waals surface area contributed by atoms with Crippen LogP contribution >= 0.6 is 0 Å². The van der Waals surface area contributed by atoms with Crippen molar-refractivity contribution in [3.63, 3.8) is 0 Å². The van der Waals surface area contributed by atoms with E-state index in [2.05, 4.69) is 71.0 Å². The lowest BCUT2D eigenvalue weighted by atomic mass is 9.96. The number of hydrogen-bond acceptors (Lipinski definition) is 3. The quantitative estimate of drug-likeness (QED) is 0.591. The van der Waals surface area contributed by atoms with Gasteiger partial charge >= 0.3 is 0 Å². The topological polar surface area (TPSA) is 44.4 Å². The second-order valence-electron chi connectivity index (χ2n) is 8.52. The van der Waals surface area contributed by atoms with E-state index in [1.165, 1.54) is 36.0 Å². The molecule has 166 valence electrons. The van der Waals surface area contributed by atoms with Gasteiger partial charge in [-0.2, -0.15) is 0 Å². The van der Waals surface area contributed by atoms with Crippen LogP contribution in [0.4, 0.5) is 0 Å². The summed E-state index contributed by atoms with van der Waals surface area (Å²) in [7, 11) is 0. The maximum absolute atomic E-state index is 13.2. The average Bonchev–Trinajstić information content (AvgIpc) is 3.33. The molecule has 4 rings (SSSR count). The van der Waals surface area contributed by atoms with E-state index in [0.717, 1.165) is 43.9 Å². The highest BCUT2D eigenvalue weighted by Crippen LogP contribution is 2.27. The molecule has 0 radical (unpaired) electrons. The number of nitrogens with one attached hydrogen (secondary N) is 2. The average molecular weight is 428 g/mol. The van der Waals surface area contributed by atoms with Crippen LogP contribution in [0.3, 0.4) is 0 Å². The van der Waals surface area contributed by atoms with Crippen LogP contribution in [0.5, 0.6) is 0 Å². The molecule has 4 nitrogen and oxygen atoms in total. The van der Waals surface area contributed by atoms with Crippen LogP contribution in [-0.4, -0.2) is 23.9 Å². The van der Waals surface area contributed by atoms with Crippen molar-refractivity contribution in [2.45, 2.75) is 45.6 Å². The molecule has 1 amide bonds. The maximum atomic E-state index is 13.2. The van der Waals surface area contributed by atoms with E-state index in [1.54, 1.807) is 0 Å². The largest absolute Gasteiger partial charge is 0.365 e. The first-order chi connectivity index (χ1) is 15.7. The van der Waals surface area contributed by atoms with Gasteiger partial charge in [-0.1, -0.05) is 61.9 Å². The van der Waals surface area contributed by atoms with Gasteiger partial charge < -0.3 is 10.6 Å². The summed E-state index contributed by atoms with van der Waals surface area (Å²) < 4.78 is 0.